The van der Waals surface area contributed by atoms with Crippen LogP contribution in [0.1, 0.15) is 30.3 Å². The topological polar surface area (TPSA) is 54.5 Å². The van der Waals surface area contributed by atoms with Gasteiger partial charge < -0.3 is 9.64 Å². The van der Waals surface area contributed by atoms with Crippen LogP contribution in [0.2, 0.25) is 0 Å². The molecule has 0 unspecified atom stereocenters. The van der Waals surface area contributed by atoms with Gasteiger partial charge in [-0.25, -0.2) is 9.78 Å². The van der Waals surface area contributed by atoms with Crippen LogP contribution in [0.25, 0.3) is 0 Å². The van der Waals surface area contributed by atoms with Gasteiger partial charge in [-0.2, -0.15) is 0 Å². The number of likely N-dealkylation sites (tertiary alicyclic amines) is 1. The largest absolute Gasteiger partial charge is 0.379 e. The van der Waals surface area contributed by atoms with Gasteiger partial charge in [-0.3, -0.25) is 5.32 Å². The average Bonchev–Trinajstić information content (AvgIpc) is 3.18. The quantitative estimate of drug-likeness (QED) is 0.931. The summed E-state index contributed by atoms with van der Waals surface area (Å²) < 4.78 is 5.71. The van der Waals surface area contributed by atoms with Gasteiger partial charge in [0, 0.05) is 18.5 Å². The first-order valence-corrected chi connectivity index (χ1v) is 9.00. The summed E-state index contributed by atoms with van der Waals surface area (Å²) >= 11 is 1.57. The Balaban J connectivity index is 1.51. The minimum Gasteiger partial charge on any atom is -0.379 e. The average molecular weight is 321 g/mol. The van der Waals surface area contributed by atoms with Crippen LogP contribution in [-0.2, 0) is 11.2 Å². The number of carbonyl (C=O) groups is 1. The number of hydrogen-bond donors (Lipinski definition) is 1. The fraction of sp³-hybridized carbons (Fsp3) is 0.750. The normalized spacial score (nSPS) is 35.4. The van der Waals surface area contributed by atoms with E-state index in [9.17, 15) is 4.79 Å². The third-order valence-electron chi connectivity index (χ3n) is 5.79. The monoisotopic (exact) mass is 321 g/mol. The zero-order valence-corrected chi connectivity index (χ0v) is 14.2. The molecule has 5 nitrogen and oxygen atoms in total. The number of nitrogens with one attached hydrogen (secondary N) is 1. The molecule has 2 aliphatic carbocycles. The number of methoxy groups -OCH3 is 1. The van der Waals surface area contributed by atoms with E-state index in [0.29, 0.717) is 17.8 Å². The summed E-state index contributed by atoms with van der Waals surface area (Å²) in [6.45, 7) is 5.03. The molecule has 6 heteroatoms. The van der Waals surface area contributed by atoms with E-state index in [1.165, 1.54) is 17.7 Å². The smallest absolute Gasteiger partial charge is 0.324 e. The van der Waals surface area contributed by atoms with Gasteiger partial charge in [0.05, 0.1) is 17.8 Å². The second-order valence-corrected chi connectivity index (χ2v) is 8.01. The van der Waals surface area contributed by atoms with Crippen molar-refractivity contribution < 1.29 is 9.53 Å². The Morgan fingerprint density at radius 3 is 2.95 bits per heavy atom. The van der Waals surface area contributed by atoms with Gasteiger partial charge in [-0.05, 0) is 43.9 Å². The van der Waals surface area contributed by atoms with E-state index >= 15 is 0 Å². The van der Waals surface area contributed by atoms with Gasteiger partial charge in [0.2, 0.25) is 0 Å². The molecule has 0 radical (unpaired) electrons. The first kappa shape index (κ1) is 14.5. The molecule has 0 aromatic carbocycles. The van der Waals surface area contributed by atoms with Crippen molar-refractivity contribution in [2.45, 2.75) is 45.3 Å². The maximum atomic E-state index is 12.7. The Bertz CT molecular complexity index is 600. The molecule has 1 saturated heterocycles. The van der Waals surface area contributed by atoms with Gasteiger partial charge in [-0.15, -0.1) is 11.3 Å². The summed E-state index contributed by atoms with van der Waals surface area (Å²) in [7, 11) is 1.78. The first-order valence-electron chi connectivity index (χ1n) is 8.19. The molecule has 4 rings (SSSR count). The van der Waals surface area contributed by atoms with Crippen molar-refractivity contribution >= 4 is 22.5 Å². The lowest BCUT2D eigenvalue weighted by Crippen LogP contribution is -2.46. The van der Waals surface area contributed by atoms with E-state index in [1.807, 2.05) is 4.90 Å². The van der Waals surface area contributed by atoms with Crippen LogP contribution in [0, 0.1) is 24.7 Å². The SMILES string of the molecule is CCc1nc(NC(=O)N2C[C@@H]3C[C@H]4C[C@H]3[C@H]2[C@@H]4OC)sc1C. The fourth-order valence-corrected chi connectivity index (χ4v) is 5.82. The number of amides is 2. The second kappa shape index (κ2) is 5.20. The molecule has 3 fully saturated rings. The van der Waals surface area contributed by atoms with E-state index in [1.54, 1.807) is 18.4 Å². The van der Waals surface area contributed by atoms with Crippen LogP contribution in [0.5, 0.6) is 0 Å². The van der Waals surface area contributed by atoms with Crippen molar-refractivity contribution in [3.63, 3.8) is 0 Å². The maximum Gasteiger partial charge on any atom is 0.324 e. The van der Waals surface area contributed by atoms with Crippen LogP contribution < -0.4 is 5.32 Å². The molecule has 1 aromatic heterocycles. The number of thiazole rings is 1. The zero-order valence-electron chi connectivity index (χ0n) is 13.3. The van der Waals surface area contributed by atoms with Crippen molar-refractivity contribution in [3.8, 4) is 0 Å². The predicted octanol–water partition coefficient (Wildman–Crippen LogP) is 2.90. The number of urea groups is 1. The molecular formula is C16H23N3O2S. The van der Waals surface area contributed by atoms with E-state index in [0.717, 1.165) is 23.8 Å². The summed E-state index contributed by atoms with van der Waals surface area (Å²) in [5, 5.41) is 3.74. The van der Waals surface area contributed by atoms with E-state index < -0.39 is 0 Å². The molecule has 3 aliphatic rings. The summed E-state index contributed by atoms with van der Waals surface area (Å²) in [6, 6.07) is 0.263. The second-order valence-electron chi connectivity index (χ2n) is 6.80. The molecule has 2 saturated carbocycles. The first-order chi connectivity index (χ1) is 10.6. The van der Waals surface area contributed by atoms with Crippen LogP contribution >= 0.6 is 11.3 Å². The summed E-state index contributed by atoms with van der Waals surface area (Å²) in [5.74, 6) is 1.97. The van der Waals surface area contributed by atoms with Gasteiger partial charge in [0.25, 0.3) is 0 Å². The van der Waals surface area contributed by atoms with Crippen molar-refractivity contribution in [2.24, 2.45) is 17.8 Å². The van der Waals surface area contributed by atoms with E-state index in [2.05, 4.69) is 24.1 Å². The van der Waals surface area contributed by atoms with Gasteiger partial charge >= 0.3 is 6.03 Å². The molecule has 0 spiro atoms. The summed E-state index contributed by atoms with van der Waals surface area (Å²) in [5.41, 5.74) is 1.08. The number of aryl methyl sites for hydroxylation is 2. The molecule has 2 heterocycles. The molecule has 22 heavy (non-hydrogen) atoms. The summed E-state index contributed by atoms with van der Waals surface area (Å²) in [4.78, 5) is 20.4. The number of carbonyl (C=O) groups excluding carboxylic acids is 1. The Morgan fingerprint density at radius 1 is 1.45 bits per heavy atom. The van der Waals surface area contributed by atoms with E-state index in [-0.39, 0.29) is 18.2 Å². The minimum atomic E-state index is -0.00139. The van der Waals surface area contributed by atoms with Crippen LogP contribution in [0.15, 0.2) is 0 Å². The lowest BCUT2D eigenvalue weighted by Gasteiger charge is -2.31. The number of aromatic nitrogens is 1. The zero-order chi connectivity index (χ0) is 15.4. The Labute approximate surface area is 135 Å². The predicted molar refractivity (Wildman–Crippen MR) is 86.2 cm³/mol. The highest BCUT2D eigenvalue weighted by molar-refractivity contribution is 7.15. The molecule has 1 aromatic rings. The van der Waals surface area contributed by atoms with Crippen LogP contribution in [-0.4, -0.2) is 41.7 Å². The van der Waals surface area contributed by atoms with Crippen molar-refractivity contribution in [2.75, 3.05) is 19.0 Å². The summed E-state index contributed by atoms with van der Waals surface area (Å²) in [6.07, 6.45) is 3.58. The van der Waals surface area contributed by atoms with Gasteiger partial charge in [0.1, 0.15) is 0 Å². The highest BCUT2D eigenvalue weighted by Crippen LogP contribution is 2.55. The van der Waals surface area contributed by atoms with Crippen molar-refractivity contribution in [1.82, 2.24) is 9.88 Å². The highest BCUT2D eigenvalue weighted by Gasteiger charge is 2.60. The standard InChI is InChI=1S/C16H23N3O2S/c1-4-12-8(2)22-15(17-12)18-16(20)19-7-10-5-9-6-11(10)13(19)14(9)21-3/h9-11,13-14H,4-7H2,1-3H3,(H,17,18,20)/t9-,10-,11+,13-,14+/m0/s1. The number of ether oxygens (including phenoxy) is 1. The number of rotatable bonds is 3. The van der Waals surface area contributed by atoms with Crippen LogP contribution in [0.4, 0.5) is 9.93 Å². The Kier molecular flexibility index (Phi) is 3.42. The molecule has 2 amide bonds. The molecule has 5 atom stereocenters. The fourth-order valence-electron chi connectivity index (χ4n) is 4.93. The lowest BCUT2D eigenvalue weighted by atomic mass is 9.88. The maximum absolute atomic E-state index is 12.7. The molecule has 2 bridgehead atoms. The van der Waals surface area contributed by atoms with Crippen molar-refractivity contribution in [3.05, 3.63) is 10.6 Å². The number of anilines is 1. The van der Waals surface area contributed by atoms with Gasteiger partial charge in [-0.1, -0.05) is 6.92 Å². The van der Waals surface area contributed by atoms with E-state index in [4.69, 9.17) is 4.74 Å². The third kappa shape index (κ3) is 2.00. The van der Waals surface area contributed by atoms with Gasteiger partial charge in [0.15, 0.2) is 5.13 Å². The van der Waals surface area contributed by atoms with Crippen molar-refractivity contribution in [1.29, 1.82) is 0 Å². The molecule has 1 N–H and O–H groups in total. The number of hydrogen-bond acceptors (Lipinski definition) is 4. The molecular weight excluding hydrogens is 298 g/mol. The highest BCUT2D eigenvalue weighted by atomic mass is 32.1. The Morgan fingerprint density at radius 2 is 2.27 bits per heavy atom. The molecule has 1 aliphatic heterocycles. The number of nitrogens with zero attached hydrogens (tertiary/aromatic N) is 2. The lowest BCUT2D eigenvalue weighted by molar-refractivity contribution is 0.0202. The van der Waals surface area contributed by atoms with Crippen LogP contribution in [0.3, 0.4) is 0 Å². The minimum absolute atomic E-state index is 0.00139. The molecule has 120 valence electrons. The third-order valence-corrected chi connectivity index (χ3v) is 6.72. The number of fused-ring (bicyclic) bond motifs is 1. The Hall–Kier alpha value is -1.14.